The Morgan fingerprint density at radius 1 is 1.33 bits per heavy atom. The molecular weight excluding hydrogens is 318 g/mol. The third-order valence-corrected chi connectivity index (χ3v) is 4.12. The van der Waals surface area contributed by atoms with Crippen molar-refractivity contribution in [2.45, 2.75) is 25.3 Å². The first-order chi connectivity index (χ1) is 11.6. The number of carbonyl (C=O) groups excluding carboxylic acids is 1. The molecule has 6 nitrogen and oxygen atoms in total. The molecule has 1 atom stereocenters. The van der Waals surface area contributed by atoms with Gasteiger partial charge in [-0.2, -0.15) is 0 Å². The molecule has 1 saturated heterocycles. The van der Waals surface area contributed by atoms with E-state index < -0.39 is 11.6 Å². The zero-order chi connectivity index (χ0) is 17.1. The highest BCUT2D eigenvalue weighted by atomic mass is 19.2. The number of amides is 1. The van der Waals surface area contributed by atoms with Crippen LogP contribution in [0.4, 0.5) is 8.78 Å². The molecule has 24 heavy (non-hydrogen) atoms. The Bertz CT molecular complexity index is 735. The van der Waals surface area contributed by atoms with Crippen molar-refractivity contribution < 1.29 is 18.3 Å². The van der Waals surface area contributed by atoms with E-state index in [2.05, 4.69) is 10.2 Å². The highest BCUT2D eigenvalue weighted by Crippen LogP contribution is 2.29. The summed E-state index contributed by atoms with van der Waals surface area (Å²) in [6.45, 7) is 0.372. The minimum atomic E-state index is -1.00. The van der Waals surface area contributed by atoms with E-state index >= 15 is 0 Å². The second-order valence-electron chi connectivity index (χ2n) is 5.76. The molecule has 1 aromatic carbocycles. The van der Waals surface area contributed by atoms with Crippen molar-refractivity contribution in [3.63, 3.8) is 0 Å². The highest BCUT2D eigenvalue weighted by molar-refractivity contribution is 5.78. The van der Waals surface area contributed by atoms with E-state index in [0.717, 1.165) is 37.2 Å². The number of aryl methyl sites for hydroxylation is 1. The van der Waals surface area contributed by atoms with E-state index in [0.29, 0.717) is 6.54 Å². The zero-order valence-corrected chi connectivity index (χ0v) is 13.3. The van der Waals surface area contributed by atoms with Crippen molar-refractivity contribution in [1.82, 2.24) is 19.7 Å². The van der Waals surface area contributed by atoms with E-state index in [4.69, 9.17) is 4.74 Å². The number of halogens is 2. The lowest BCUT2D eigenvalue weighted by molar-refractivity contribution is -0.137. The van der Waals surface area contributed by atoms with Crippen molar-refractivity contribution in [1.29, 1.82) is 0 Å². The third kappa shape index (κ3) is 3.37. The number of piperidine rings is 1. The predicted octanol–water partition coefficient (Wildman–Crippen LogP) is 2.23. The maximum atomic E-state index is 13.2. The van der Waals surface area contributed by atoms with Crippen molar-refractivity contribution in [3.8, 4) is 5.75 Å². The van der Waals surface area contributed by atoms with Gasteiger partial charge in [0.2, 0.25) is 0 Å². The first-order valence-electron chi connectivity index (χ1n) is 7.77. The maximum Gasteiger partial charge on any atom is 0.261 e. The van der Waals surface area contributed by atoms with Crippen LogP contribution in [0.15, 0.2) is 24.5 Å². The lowest BCUT2D eigenvalue weighted by Gasteiger charge is -2.34. The first kappa shape index (κ1) is 16.4. The molecular formula is C16H18F2N4O2. The average molecular weight is 336 g/mol. The number of nitrogens with zero attached hydrogens (tertiary/aromatic N) is 4. The van der Waals surface area contributed by atoms with Crippen LogP contribution < -0.4 is 4.74 Å². The molecule has 0 bridgehead atoms. The summed E-state index contributed by atoms with van der Waals surface area (Å²) in [5, 5.41) is 7.97. The minimum absolute atomic E-state index is 0.120. The Labute approximate surface area is 138 Å². The standard InChI is InChI=1S/C16H18F2N4O2/c1-21-10-19-20-16(21)14-4-2-3-7-22(14)15(23)9-24-11-5-6-12(17)13(18)8-11/h5-6,8,10,14H,2-4,7,9H2,1H3. The molecule has 0 spiro atoms. The van der Waals surface area contributed by atoms with Crippen molar-refractivity contribution in [2.24, 2.45) is 7.05 Å². The quantitative estimate of drug-likeness (QED) is 0.859. The van der Waals surface area contributed by atoms with Crippen LogP contribution in [0.3, 0.4) is 0 Å². The molecule has 8 heteroatoms. The average Bonchev–Trinajstić information content (AvgIpc) is 3.01. The SMILES string of the molecule is Cn1cnnc1C1CCCCN1C(=O)COc1ccc(F)c(F)c1. The van der Waals surface area contributed by atoms with Gasteiger partial charge in [-0.3, -0.25) is 4.79 Å². The molecule has 0 saturated carbocycles. The van der Waals surface area contributed by atoms with Gasteiger partial charge in [-0.25, -0.2) is 8.78 Å². The van der Waals surface area contributed by atoms with E-state index in [1.807, 2.05) is 7.05 Å². The molecule has 1 aliphatic rings. The predicted molar refractivity (Wildman–Crippen MR) is 81.2 cm³/mol. The molecule has 0 N–H and O–H groups in total. The van der Waals surface area contributed by atoms with Crippen LogP contribution in [-0.2, 0) is 11.8 Å². The summed E-state index contributed by atoms with van der Waals surface area (Å²) >= 11 is 0. The number of hydrogen-bond donors (Lipinski definition) is 0. The number of rotatable bonds is 4. The summed E-state index contributed by atoms with van der Waals surface area (Å²) < 4.78 is 33.2. The smallest absolute Gasteiger partial charge is 0.261 e. The topological polar surface area (TPSA) is 60.2 Å². The Kier molecular flexibility index (Phi) is 4.73. The van der Waals surface area contributed by atoms with Crippen LogP contribution in [0.2, 0.25) is 0 Å². The number of ether oxygens (including phenoxy) is 1. The number of aromatic nitrogens is 3. The van der Waals surface area contributed by atoms with Gasteiger partial charge in [-0.15, -0.1) is 10.2 Å². The molecule has 0 aliphatic carbocycles. The molecule has 3 rings (SSSR count). The molecule has 1 amide bonds. The van der Waals surface area contributed by atoms with Crippen LogP contribution in [-0.4, -0.2) is 38.7 Å². The third-order valence-electron chi connectivity index (χ3n) is 4.12. The number of likely N-dealkylation sites (tertiary alicyclic amines) is 1. The van der Waals surface area contributed by atoms with Gasteiger partial charge < -0.3 is 14.2 Å². The molecule has 0 radical (unpaired) electrons. The fourth-order valence-electron chi connectivity index (χ4n) is 2.89. The summed E-state index contributed by atoms with van der Waals surface area (Å²) in [5.74, 6) is -1.32. The summed E-state index contributed by atoms with van der Waals surface area (Å²) in [6.07, 6.45) is 4.32. The van der Waals surface area contributed by atoms with Crippen LogP contribution in [0.25, 0.3) is 0 Å². The summed E-state index contributed by atoms with van der Waals surface area (Å²) in [5.41, 5.74) is 0. The van der Waals surface area contributed by atoms with E-state index in [1.54, 1.807) is 15.8 Å². The fourth-order valence-corrected chi connectivity index (χ4v) is 2.89. The normalized spacial score (nSPS) is 17.8. The van der Waals surface area contributed by atoms with E-state index in [1.165, 1.54) is 6.07 Å². The molecule has 1 fully saturated rings. The van der Waals surface area contributed by atoms with E-state index in [-0.39, 0.29) is 24.3 Å². The van der Waals surface area contributed by atoms with Crippen LogP contribution in [0, 0.1) is 11.6 Å². The molecule has 128 valence electrons. The Morgan fingerprint density at radius 2 is 2.17 bits per heavy atom. The van der Waals surface area contributed by atoms with Gasteiger partial charge in [0.15, 0.2) is 24.1 Å². The molecule has 2 aromatic rings. The summed E-state index contributed by atoms with van der Waals surface area (Å²) in [6, 6.07) is 3.05. The molecule has 2 heterocycles. The fraction of sp³-hybridized carbons (Fsp3) is 0.438. The lowest BCUT2D eigenvalue weighted by atomic mass is 10.0. The number of benzene rings is 1. The zero-order valence-electron chi connectivity index (χ0n) is 13.3. The van der Waals surface area contributed by atoms with Crippen LogP contribution >= 0.6 is 0 Å². The van der Waals surface area contributed by atoms with E-state index in [9.17, 15) is 13.6 Å². The van der Waals surface area contributed by atoms with Crippen LogP contribution in [0.1, 0.15) is 31.1 Å². The maximum absolute atomic E-state index is 13.2. The molecule has 1 unspecified atom stereocenters. The Morgan fingerprint density at radius 3 is 2.88 bits per heavy atom. The Hall–Kier alpha value is -2.51. The van der Waals surface area contributed by atoms with Crippen LogP contribution in [0.5, 0.6) is 5.75 Å². The number of carbonyl (C=O) groups is 1. The van der Waals surface area contributed by atoms with Gasteiger partial charge in [-0.05, 0) is 31.4 Å². The monoisotopic (exact) mass is 336 g/mol. The van der Waals surface area contributed by atoms with Gasteiger partial charge in [0.25, 0.3) is 5.91 Å². The largest absolute Gasteiger partial charge is 0.484 e. The number of hydrogen-bond acceptors (Lipinski definition) is 4. The Balaban J connectivity index is 1.68. The van der Waals surface area contributed by atoms with Gasteiger partial charge in [0, 0.05) is 19.7 Å². The van der Waals surface area contributed by atoms with Crippen molar-refractivity contribution in [3.05, 3.63) is 42.0 Å². The summed E-state index contributed by atoms with van der Waals surface area (Å²) in [7, 11) is 1.84. The van der Waals surface area contributed by atoms with Gasteiger partial charge in [0.1, 0.15) is 12.1 Å². The van der Waals surface area contributed by atoms with Gasteiger partial charge >= 0.3 is 0 Å². The minimum Gasteiger partial charge on any atom is -0.484 e. The van der Waals surface area contributed by atoms with Gasteiger partial charge in [-0.1, -0.05) is 0 Å². The van der Waals surface area contributed by atoms with Crippen molar-refractivity contribution in [2.75, 3.05) is 13.2 Å². The summed E-state index contributed by atoms with van der Waals surface area (Å²) in [4.78, 5) is 14.2. The first-order valence-corrected chi connectivity index (χ1v) is 7.77. The second-order valence-corrected chi connectivity index (χ2v) is 5.76. The van der Waals surface area contributed by atoms with Crippen molar-refractivity contribution >= 4 is 5.91 Å². The highest BCUT2D eigenvalue weighted by Gasteiger charge is 2.31. The van der Waals surface area contributed by atoms with Gasteiger partial charge in [0.05, 0.1) is 6.04 Å². The lowest BCUT2D eigenvalue weighted by Crippen LogP contribution is -2.42. The second kappa shape index (κ2) is 6.94. The molecule has 1 aromatic heterocycles. The molecule has 1 aliphatic heterocycles.